The molecule has 4 fully saturated rings. The number of esters is 2. The van der Waals surface area contributed by atoms with Crippen molar-refractivity contribution < 1.29 is 28.5 Å². The third-order valence-electron chi connectivity index (χ3n) is 12.4. The zero-order valence-corrected chi connectivity index (χ0v) is 23.5. The number of rotatable bonds is 4. The minimum Gasteiger partial charge on any atom is -0.468 e. The van der Waals surface area contributed by atoms with Crippen LogP contribution in [-0.4, -0.2) is 45.2 Å². The van der Waals surface area contributed by atoms with E-state index >= 15 is 0 Å². The van der Waals surface area contributed by atoms with Crippen LogP contribution in [0, 0.1) is 56.7 Å². The Morgan fingerprint density at radius 3 is 2.30 bits per heavy atom. The van der Waals surface area contributed by atoms with Crippen LogP contribution in [0.1, 0.15) is 79.1 Å². The number of carbonyl (C=O) groups is 2. The molecule has 0 aliphatic heterocycles. The third kappa shape index (κ3) is 2.84. The molecule has 7 heteroatoms. The van der Waals surface area contributed by atoms with Gasteiger partial charge in [0.05, 0.1) is 13.2 Å². The Morgan fingerprint density at radius 2 is 1.70 bits per heavy atom. The van der Waals surface area contributed by atoms with Gasteiger partial charge in [-0.1, -0.05) is 32.4 Å². The maximum absolute atomic E-state index is 13.6. The lowest BCUT2D eigenvalue weighted by Crippen LogP contribution is -2.83. The fourth-order valence-electron chi connectivity index (χ4n) is 11.0. The summed E-state index contributed by atoms with van der Waals surface area (Å²) in [4.78, 5) is 25.2. The lowest BCUT2D eigenvalue weighted by atomic mass is 9.31. The summed E-state index contributed by atoms with van der Waals surface area (Å²) in [5, 5.41) is 10.7. The predicted octanol–water partition coefficient (Wildman–Crippen LogP) is 5.19. The lowest BCUT2D eigenvalue weighted by Gasteiger charge is -2.73. The Bertz CT molecular complexity index is 1060. The summed E-state index contributed by atoms with van der Waals surface area (Å²) >= 11 is 0. The van der Waals surface area contributed by atoms with Crippen molar-refractivity contribution >= 4 is 11.9 Å². The van der Waals surface area contributed by atoms with Crippen molar-refractivity contribution in [3.05, 3.63) is 11.6 Å². The number of fused-ring (bicyclic) bond motifs is 6. The van der Waals surface area contributed by atoms with E-state index in [-0.39, 0.29) is 28.8 Å². The molecule has 0 bridgehead atoms. The van der Waals surface area contributed by atoms with Gasteiger partial charge >= 0.3 is 11.9 Å². The molecule has 7 nitrogen and oxygen atoms in total. The predicted molar refractivity (Wildman–Crippen MR) is 136 cm³/mol. The Labute approximate surface area is 221 Å². The lowest BCUT2D eigenvalue weighted by molar-refractivity contribution is -0.418. The van der Waals surface area contributed by atoms with Crippen molar-refractivity contribution in [2.75, 3.05) is 21.3 Å². The summed E-state index contributed by atoms with van der Waals surface area (Å²) in [6.45, 7) is 8.35. The summed E-state index contributed by atoms with van der Waals surface area (Å²) in [5.41, 5.74) is -0.747. The number of carbonyl (C=O) groups excluding carboxylic acids is 2. The second kappa shape index (κ2) is 8.55. The van der Waals surface area contributed by atoms with Crippen LogP contribution >= 0.6 is 0 Å². The first-order valence-corrected chi connectivity index (χ1v) is 14.0. The van der Waals surface area contributed by atoms with Gasteiger partial charge in [-0.25, -0.2) is 0 Å². The molecule has 0 amide bonds. The van der Waals surface area contributed by atoms with E-state index in [4.69, 9.17) is 18.9 Å². The van der Waals surface area contributed by atoms with E-state index in [0.717, 1.165) is 51.4 Å². The van der Waals surface area contributed by atoms with Gasteiger partial charge in [-0.2, -0.15) is 5.26 Å². The van der Waals surface area contributed by atoms with Crippen molar-refractivity contribution in [1.82, 2.24) is 0 Å². The Kier molecular flexibility index (Phi) is 6.16. The smallest absolute Gasteiger partial charge is 0.332 e. The molecule has 0 saturated heterocycles. The third-order valence-corrected chi connectivity index (χ3v) is 12.4. The van der Waals surface area contributed by atoms with Gasteiger partial charge in [0.1, 0.15) is 6.10 Å². The van der Waals surface area contributed by atoms with Crippen LogP contribution in [-0.2, 0) is 28.5 Å². The van der Waals surface area contributed by atoms with Gasteiger partial charge in [0.25, 0.3) is 0 Å². The van der Waals surface area contributed by atoms with E-state index in [0.29, 0.717) is 17.8 Å². The van der Waals surface area contributed by atoms with Crippen LogP contribution in [0.2, 0.25) is 0 Å². The molecule has 0 N–H and O–H groups in total. The number of ether oxygens (including phenoxy) is 4. The van der Waals surface area contributed by atoms with Gasteiger partial charge in [0.2, 0.25) is 11.2 Å². The van der Waals surface area contributed by atoms with E-state index in [2.05, 4.69) is 32.9 Å². The number of allylic oxidation sites excluding steroid dienone is 1. The molecule has 0 aromatic carbocycles. The van der Waals surface area contributed by atoms with Crippen molar-refractivity contribution in [1.29, 1.82) is 5.26 Å². The molecule has 4 saturated carbocycles. The molecule has 0 aromatic rings. The minimum absolute atomic E-state index is 0.0136. The van der Waals surface area contributed by atoms with Gasteiger partial charge in [0, 0.05) is 38.9 Å². The highest BCUT2D eigenvalue weighted by Crippen LogP contribution is 2.83. The van der Waals surface area contributed by atoms with Crippen LogP contribution < -0.4 is 0 Å². The Morgan fingerprint density at radius 1 is 1.03 bits per heavy atom. The van der Waals surface area contributed by atoms with E-state index in [9.17, 15) is 14.9 Å². The molecule has 204 valence electrons. The first-order chi connectivity index (χ1) is 17.5. The molecule has 37 heavy (non-hydrogen) atoms. The first kappa shape index (κ1) is 26.7. The number of methoxy groups -OCH3 is 3. The van der Waals surface area contributed by atoms with Crippen LogP contribution in [0.15, 0.2) is 11.6 Å². The molecule has 5 rings (SSSR count). The molecule has 1 unspecified atom stereocenters. The minimum atomic E-state index is -1.52. The van der Waals surface area contributed by atoms with Gasteiger partial charge < -0.3 is 18.9 Å². The Hall–Kier alpha value is -1.91. The quantitative estimate of drug-likeness (QED) is 0.290. The van der Waals surface area contributed by atoms with Gasteiger partial charge in [0.15, 0.2) is 0 Å². The summed E-state index contributed by atoms with van der Waals surface area (Å²) in [7, 11) is 4.43. The maximum Gasteiger partial charge on any atom is 0.332 e. The van der Waals surface area contributed by atoms with E-state index in [1.807, 2.05) is 0 Å². The van der Waals surface area contributed by atoms with Crippen molar-refractivity contribution in [2.45, 2.75) is 91.0 Å². The van der Waals surface area contributed by atoms with E-state index < -0.39 is 22.6 Å². The van der Waals surface area contributed by atoms with Crippen molar-refractivity contribution in [2.24, 2.45) is 45.3 Å². The summed E-state index contributed by atoms with van der Waals surface area (Å²) in [5.74, 6) is -0.746. The average Bonchev–Trinajstić information content (AvgIpc) is 3.21. The fourth-order valence-corrected chi connectivity index (χ4v) is 11.0. The highest BCUT2D eigenvalue weighted by Gasteiger charge is 2.90. The Balaban J connectivity index is 1.53. The molecular weight excluding hydrogens is 470 g/mol. The van der Waals surface area contributed by atoms with Crippen LogP contribution in [0.25, 0.3) is 0 Å². The summed E-state index contributed by atoms with van der Waals surface area (Å²) in [6, 6.07) is 2.45. The molecule has 0 aromatic heterocycles. The molecule has 0 heterocycles. The summed E-state index contributed by atoms with van der Waals surface area (Å²) < 4.78 is 22.8. The van der Waals surface area contributed by atoms with Crippen molar-refractivity contribution in [3.8, 4) is 6.07 Å². The molecule has 1 spiro atoms. The number of hydrogen-bond donors (Lipinski definition) is 0. The zero-order valence-electron chi connectivity index (χ0n) is 23.5. The molecular formula is C30H43NO6. The second-order valence-corrected chi connectivity index (χ2v) is 12.9. The second-order valence-electron chi connectivity index (χ2n) is 12.9. The van der Waals surface area contributed by atoms with E-state index in [1.165, 1.54) is 33.8 Å². The van der Waals surface area contributed by atoms with Crippen LogP contribution in [0.3, 0.4) is 0 Å². The molecule has 9 atom stereocenters. The van der Waals surface area contributed by atoms with Crippen LogP contribution in [0.4, 0.5) is 0 Å². The topological polar surface area (TPSA) is 94.9 Å². The normalized spacial score (nSPS) is 47.4. The largest absolute Gasteiger partial charge is 0.468 e. The maximum atomic E-state index is 13.6. The highest BCUT2D eigenvalue weighted by atomic mass is 16.7. The fraction of sp³-hybridized carbons (Fsp3) is 0.833. The van der Waals surface area contributed by atoms with Gasteiger partial charge in [-0.05, 0) is 73.5 Å². The standard InChI is InChI=1S/C30H43NO6/c1-18-28(29(17-31,25(33)34-5)30(18,35-6)36-7)15-12-24-22-9-8-20-16-21(37-19(2)32)10-13-26(20,3)23(22)11-14-27(24,28)4/h8,18,21-24H,9-16H2,1-7H3/t18-,21-,22+,23-,24-,26-,27-,28+,29?/m0/s1. The number of hydrogen-bond acceptors (Lipinski definition) is 7. The zero-order chi connectivity index (χ0) is 27.0. The highest BCUT2D eigenvalue weighted by molar-refractivity contribution is 5.85. The number of nitriles is 1. The SMILES string of the molecule is COC(=O)C1(C#N)C(OC)(OC)[C@@H](C)[C@@]12CC[C@H]1[C@@H]3CC=C4C[C@@H](OC(C)=O)CC[C@]4(C)[C@H]3CC[C@@]12C. The molecule has 5 aliphatic rings. The van der Waals surface area contributed by atoms with Gasteiger partial charge in [-0.3, -0.25) is 9.59 Å². The summed E-state index contributed by atoms with van der Waals surface area (Å²) in [6.07, 6.45) is 10.0. The molecule has 5 aliphatic carbocycles. The average molecular weight is 514 g/mol. The molecule has 0 radical (unpaired) electrons. The monoisotopic (exact) mass is 513 g/mol. The van der Waals surface area contributed by atoms with Crippen molar-refractivity contribution in [3.63, 3.8) is 0 Å². The first-order valence-electron chi connectivity index (χ1n) is 14.0. The van der Waals surface area contributed by atoms with E-state index in [1.54, 1.807) is 0 Å². The van der Waals surface area contributed by atoms with Gasteiger partial charge in [-0.15, -0.1) is 0 Å². The van der Waals surface area contributed by atoms with Crippen LogP contribution in [0.5, 0.6) is 0 Å². The number of nitrogens with zero attached hydrogens (tertiary/aromatic N) is 1.